The SMILES string of the molecule is C#C[C@]1(O)C=C[C@@H]2[C@@H]3CCC4=CC(=O)CC[C@@H]4[C@H]3CC[C@]21CC. The average Bonchev–Trinajstić information content (AvgIpc) is 2.88. The monoisotopic (exact) mass is 310 g/mol. The van der Waals surface area contributed by atoms with E-state index in [1.165, 1.54) is 5.57 Å². The second-order valence-electron chi connectivity index (χ2n) is 8.04. The highest BCUT2D eigenvalue weighted by Crippen LogP contribution is 2.63. The molecule has 0 radical (unpaired) electrons. The van der Waals surface area contributed by atoms with Crippen LogP contribution in [-0.4, -0.2) is 16.5 Å². The van der Waals surface area contributed by atoms with Gasteiger partial charge in [-0.25, -0.2) is 0 Å². The minimum atomic E-state index is -1.07. The Bertz CT molecular complexity index is 637. The normalized spacial score (nSPS) is 48.0. The maximum Gasteiger partial charge on any atom is 0.155 e. The summed E-state index contributed by atoms with van der Waals surface area (Å²) in [7, 11) is 0. The third-order valence-electron chi connectivity index (χ3n) is 7.54. The molecule has 0 amide bonds. The standard InChI is InChI=1S/C21H26O2/c1-3-20-11-9-17-16-8-6-15(22)13-14(16)5-7-18(17)19(20)10-12-21(20,23)4-2/h2,10,12-13,16-19,23H,3,5-9,11H2,1H3/t16-,17+,18+,19+,20+,21-/m0/s1. The molecule has 0 unspecified atom stereocenters. The topological polar surface area (TPSA) is 37.3 Å². The number of carbonyl (C=O) groups is 1. The van der Waals surface area contributed by atoms with Crippen LogP contribution in [0.3, 0.4) is 0 Å². The van der Waals surface area contributed by atoms with Crippen molar-refractivity contribution in [2.75, 3.05) is 0 Å². The lowest BCUT2D eigenvalue weighted by atomic mass is 9.49. The molecule has 4 aliphatic rings. The Morgan fingerprint density at radius 3 is 2.87 bits per heavy atom. The first-order valence-electron chi connectivity index (χ1n) is 9.17. The van der Waals surface area contributed by atoms with Crippen LogP contribution >= 0.6 is 0 Å². The first kappa shape index (κ1) is 15.2. The van der Waals surface area contributed by atoms with Gasteiger partial charge in [0.15, 0.2) is 5.78 Å². The number of rotatable bonds is 1. The summed E-state index contributed by atoms with van der Waals surface area (Å²) < 4.78 is 0. The van der Waals surface area contributed by atoms with Crippen LogP contribution in [0, 0.1) is 41.4 Å². The first-order chi connectivity index (χ1) is 11.0. The predicted molar refractivity (Wildman–Crippen MR) is 90.4 cm³/mol. The number of ketones is 1. The van der Waals surface area contributed by atoms with Gasteiger partial charge in [0.1, 0.15) is 5.60 Å². The van der Waals surface area contributed by atoms with E-state index in [0.717, 1.165) is 38.5 Å². The number of fused-ring (bicyclic) bond motifs is 5. The molecule has 0 bridgehead atoms. The quantitative estimate of drug-likeness (QED) is 0.593. The molecule has 2 fully saturated rings. The molecule has 122 valence electrons. The van der Waals surface area contributed by atoms with Crippen LogP contribution in [0.1, 0.15) is 51.9 Å². The fraction of sp³-hybridized carbons (Fsp3) is 0.667. The van der Waals surface area contributed by atoms with Crippen molar-refractivity contribution in [1.82, 2.24) is 0 Å². The maximum atomic E-state index is 11.7. The third-order valence-corrected chi connectivity index (χ3v) is 7.54. The van der Waals surface area contributed by atoms with Crippen LogP contribution in [0.2, 0.25) is 0 Å². The molecule has 0 spiro atoms. The number of hydrogen-bond acceptors (Lipinski definition) is 2. The van der Waals surface area contributed by atoms with Gasteiger partial charge in [0, 0.05) is 11.8 Å². The summed E-state index contributed by atoms with van der Waals surface area (Å²) in [4.78, 5) is 11.7. The summed E-state index contributed by atoms with van der Waals surface area (Å²) in [6.07, 6.45) is 18.8. The van der Waals surface area contributed by atoms with Gasteiger partial charge in [-0.2, -0.15) is 0 Å². The van der Waals surface area contributed by atoms with Crippen LogP contribution in [-0.2, 0) is 4.79 Å². The highest BCUT2D eigenvalue weighted by Gasteiger charge is 2.61. The maximum absolute atomic E-state index is 11.7. The Morgan fingerprint density at radius 2 is 2.13 bits per heavy atom. The van der Waals surface area contributed by atoms with Crippen LogP contribution in [0.15, 0.2) is 23.8 Å². The lowest BCUT2D eigenvalue weighted by molar-refractivity contribution is -0.116. The number of terminal acetylenes is 1. The third kappa shape index (κ3) is 1.89. The van der Waals surface area contributed by atoms with Crippen molar-refractivity contribution in [2.24, 2.45) is 29.1 Å². The summed E-state index contributed by atoms with van der Waals surface area (Å²) in [5.74, 6) is 5.28. The zero-order chi connectivity index (χ0) is 16.2. The van der Waals surface area contributed by atoms with Gasteiger partial charge in [-0.15, -0.1) is 6.42 Å². The summed E-state index contributed by atoms with van der Waals surface area (Å²) >= 11 is 0. The lowest BCUT2D eigenvalue weighted by Gasteiger charge is -2.55. The van der Waals surface area contributed by atoms with Gasteiger partial charge in [-0.1, -0.05) is 24.5 Å². The molecule has 2 nitrogen and oxygen atoms in total. The largest absolute Gasteiger partial charge is 0.373 e. The van der Waals surface area contributed by atoms with Crippen molar-refractivity contribution in [3.63, 3.8) is 0 Å². The Labute approximate surface area is 139 Å². The van der Waals surface area contributed by atoms with Gasteiger partial charge in [-0.3, -0.25) is 4.79 Å². The van der Waals surface area contributed by atoms with Crippen molar-refractivity contribution < 1.29 is 9.90 Å². The molecule has 6 atom stereocenters. The number of hydrogen-bond donors (Lipinski definition) is 1. The summed E-state index contributed by atoms with van der Waals surface area (Å²) in [5, 5.41) is 11.0. The van der Waals surface area contributed by atoms with E-state index in [2.05, 4.69) is 18.9 Å². The predicted octanol–water partition coefficient (Wildman–Crippen LogP) is 3.66. The van der Waals surface area contributed by atoms with E-state index in [4.69, 9.17) is 6.42 Å². The van der Waals surface area contributed by atoms with E-state index in [0.29, 0.717) is 35.9 Å². The molecular weight excluding hydrogens is 284 g/mol. The van der Waals surface area contributed by atoms with Gasteiger partial charge >= 0.3 is 0 Å². The van der Waals surface area contributed by atoms with E-state index < -0.39 is 5.60 Å². The Kier molecular flexibility index (Phi) is 3.36. The van der Waals surface area contributed by atoms with Crippen LogP contribution in [0.25, 0.3) is 0 Å². The Hall–Kier alpha value is -1.33. The number of carbonyl (C=O) groups excluding carboxylic acids is 1. The number of allylic oxidation sites excluding steroid dienone is 3. The smallest absolute Gasteiger partial charge is 0.155 e. The van der Waals surface area contributed by atoms with Gasteiger partial charge in [0.05, 0.1) is 0 Å². The van der Waals surface area contributed by atoms with Gasteiger partial charge in [0.25, 0.3) is 0 Å². The summed E-state index contributed by atoms with van der Waals surface area (Å²) in [6, 6.07) is 0. The minimum absolute atomic E-state index is 0.172. The van der Waals surface area contributed by atoms with Gasteiger partial charge in [0.2, 0.25) is 0 Å². The Balaban J connectivity index is 1.69. The van der Waals surface area contributed by atoms with Crippen molar-refractivity contribution in [3.8, 4) is 12.3 Å². The van der Waals surface area contributed by atoms with E-state index in [1.54, 1.807) is 0 Å². The molecule has 0 aromatic carbocycles. The first-order valence-corrected chi connectivity index (χ1v) is 9.17. The molecule has 4 rings (SSSR count). The highest BCUT2D eigenvalue weighted by molar-refractivity contribution is 5.91. The fourth-order valence-electron chi connectivity index (χ4n) is 6.38. The van der Waals surface area contributed by atoms with Crippen LogP contribution in [0.5, 0.6) is 0 Å². The van der Waals surface area contributed by atoms with Crippen LogP contribution in [0.4, 0.5) is 0 Å². The van der Waals surface area contributed by atoms with Crippen LogP contribution < -0.4 is 0 Å². The zero-order valence-corrected chi connectivity index (χ0v) is 13.9. The van der Waals surface area contributed by atoms with Crippen molar-refractivity contribution in [3.05, 3.63) is 23.8 Å². The summed E-state index contributed by atoms with van der Waals surface area (Å²) in [5.41, 5.74) is 0.158. The molecule has 0 saturated heterocycles. The van der Waals surface area contributed by atoms with Gasteiger partial charge in [-0.05, 0) is 74.3 Å². The van der Waals surface area contributed by atoms with E-state index in [1.807, 2.05) is 12.2 Å². The molecule has 2 heteroatoms. The molecule has 23 heavy (non-hydrogen) atoms. The number of aliphatic hydroxyl groups is 1. The molecule has 2 saturated carbocycles. The molecule has 0 aliphatic heterocycles. The second-order valence-corrected chi connectivity index (χ2v) is 8.04. The highest BCUT2D eigenvalue weighted by atomic mass is 16.3. The summed E-state index contributed by atoms with van der Waals surface area (Å²) in [6.45, 7) is 2.18. The second kappa shape index (κ2) is 5.08. The van der Waals surface area contributed by atoms with Crippen molar-refractivity contribution >= 4 is 5.78 Å². The lowest BCUT2D eigenvalue weighted by Crippen LogP contribution is -2.54. The van der Waals surface area contributed by atoms with E-state index in [9.17, 15) is 9.90 Å². The molecule has 0 heterocycles. The van der Waals surface area contributed by atoms with E-state index in [-0.39, 0.29) is 5.41 Å². The zero-order valence-electron chi connectivity index (χ0n) is 13.9. The van der Waals surface area contributed by atoms with Crippen molar-refractivity contribution in [2.45, 2.75) is 57.5 Å². The molecule has 0 aromatic rings. The molecule has 1 N–H and O–H groups in total. The molecule has 0 aromatic heterocycles. The molecular formula is C21H26O2. The fourth-order valence-corrected chi connectivity index (χ4v) is 6.38. The van der Waals surface area contributed by atoms with E-state index >= 15 is 0 Å². The average molecular weight is 310 g/mol. The minimum Gasteiger partial charge on any atom is -0.373 e. The van der Waals surface area contributed by atoms with Gasteiger partial charge < -0.3 is 5.11 Å². The Morgan fingerprint density at radius 1 is 1.30 bits per heavy atom. The van der Waals surface area contributed by atoms with Crippen molar-refractivity contribution in [1.29, 1.82) is 0 Å². The molecule has 4 aliphatic carbocycles.